The van der Waals surface area contributed by atoms with Crippen molar-refractivity contribution in [1.29, 1.82) is 0 Å². The maximum atomic E-state index is 11.2. The summed E-state index contributed by atoms with van der Waals surface area (Å²) in [6.07, 6.45) is 0. The zero-order valence-corrected chi connectivity index (χ0v) is 15.7. The molecule has 0 saturated carbocycles. The lowest BCUT2D eigenvalue weighted by Gasteiger charge is -2.32. The van der Waals surface area contributed by atoms with Crippen molar-refractivity contribution in [3.8, 4) is 5.75 Å². The highest BCUT2D eigenvalue weighted by Gasteiger charge is 2.38. The predicted molar refractivity (Wildman–Crippen MR) is 89.4 cm³/mol. The molecular weight excluding hydrogens is 299 g/mol. The maximum Gasteiger partial charge on any atom is 0.695 e. The third-order valence-corrected chi connectivity index (χ3v) is 4.32. The highest BCUT2D eigenvalue weighted by molar-refractivity contribution is 7.32. The summed E-state index contributed by atoms with van der Waals surface area (Å²) in [5.74, 6) is 0.241. The Hall–Kier alpha value is -0.960. The Balaban J connectivity index is 3.68. The summed E-state index contributed by atoms with van der Waals surface area (Å²) in [6, 6.07) is 3.65. The van der Waals surface area contributed by atoms with Gasteiger partial charge in [0.1, 0.15) is 11.4 Å². The smallest absolute Gasteiger partial charge is 0.508 e. The molecule has 1 aromatic rings. The van der Waals surface area contributed by atoms with Crippen LogP contribution in [0.2, 0.25) is 0 Å². The first-order valence-corrected chi connectivity index (χ1v) is 8.53. The summed E-state index contributed by atoms with van der Waals surface area (Å²) in [4.78, 5) is 9.16. The number of hydrogen-bond acceptors (Lipinski definition) is 3. The van der Waals surface area contributed by atoms with Crippen molar-refractivity contribution in [2.45, 2.75) is 71.8 Å². The summed E-state index contributed by atoms with van der Waals surface area (Å²) in [7, 11) is -2.72. The summed E-state index contributed by atoms with van der Waals surface area (Å²) < 4.78 is 16.4. The van der Waals surface area contributed by atoms with Crippen LogP contribution in [-0.2, 0) is 25.5 Å². The molecule has 0 amide bonds. The van der Waals surface area contributed by atoms with Gasteiger partial charge < -0.3 is 5.11 Å². The molecule has 22 heavy (non-hydrogen) atoms. The number of phenolic OH excluding ortho intramolecular Hbond substituents is 1. The second kappa shape index (κ2) is 5.92. The van der Waals surface area contributed by atoms with Gasteiger partial charge in [0.2, 0.25) is 0 Å². The minimum absolute atomic E-state index is 0.231. The van der Waals surface area contributed by atoms with Gasteiger partial charge in [0.25, 0.3) is 0 Å². The lowest BCUT2D eigenvalue weighted by atomic mass is 9.75. The van der Waals surface area contributed by atoms with Crippen LogP contribution in [0, 0.1) is 0 Å². The molecular formula is C17H28O4P+. The molecule has 0 radical (unpaired) electrons. The van der Waals surface area contributed by atoms with E-state index in [0.717, 1.165) is 16.7 Å². The summed E-state index contributed by atoms with van der Waals surface area (Å²) in [6.45, 7) is 15.7. The van der Waals surface area contributed by atoms with Crippen LogP contribution >= 0.6 is 8.25 Å². The van der Waals surface area contributed by atoms with Gasteiger partial charge in [-0.25, -0.2) is 0 Å². The zero-order chi connectivity index (χ0) is 17.5. The SMILES string of the molecule is CC(C)(C)c1cc(C(C)(C)O[P+](=O)O)c(C(C)(C)C)cc1O. The van der Waals surface area contributed by atoms with E-state index in [9.17, 15) is 9.67 Å². The highest BCUT2D eigenvalue weighted by Crippen LogP contribution is 2.44. The molecule has 124 valence electrons. The van der Waals surface area contributed by atoms with E-state index in [0.29, 0.717) is 0 Å². The molecule has 4 nitrogen and oxygen atoms in total. The van der Waals surface area contributed by atoms with E-state index in [4.69, 9.17) is 9.42 Å². The van der Waals surface area contributed by atoms with Crippen molar-refractivity contribution < 1.29 is 19.1 Å². The number of phenols is 1. The van der Waals surface area contributed by atoms with Crippen LogP contribution in [0.4, 0.5) is 0 Å². The van der Waals surface area contributed by atoms with Crippen molar-refractivity contribution in [1.82, 2.24) is 0 Å². The largest absolute Gasteiger partial charge is 0.695 e. The molecule has 0 aliphatic rings. The minimum atomic E-state index is -2.72. The van der Waals surface area contributed by atoms with Gasteiger partial charge in [-0.3, -0.25) is 0 Å². The van der Waals surface area contributed by atoms with Gasteiger partial charge >= 0.3 is 8.25 Å². The molecule has 1 aromatic carbocycles. The van der Waals surface area contributed by atoms with Crippen LogP contribution in [0.15, 0.2) is 12.1 Å². The molecule has 1 rings (SSSR count). The fourth-order valence-corrected chi connectivity index (χ4v) is 3.04. The molecule has 2 N–H and O–H groups in total. The van der Waals surface area contributed by atoms with Crippen molar-refractivity contribution in [2.24, 2.45) is 0 Å². The van der Waals surface area contributed by atoms with Gasteiger partial charge in [-0.05, 0) is 53.5 Å². The molecule has 0 saturated heterocycles. The average Bonchev–Trinajstić information content (AvgIpc) is 2.23. The Bertz CT molecular complexity index is 578. The lowest BCUT2D eigenvalue weighted by Crippen LogP contribution is -2.27. The quantitative estimate of drug-likeness (QED) is 0.776. The van der Waals surface area contributed by atoms with E-state index in [1.54, 1.807) is 19.9 Å². The van der Waals surface area contributed by atoms with Crippen LogP contribution in [0.5, 0.6) is 5.75 Å². The molecule has 0 aliphatic heterocycles. The summed E-state index contributed by atoms with van der Waals surface area (Å²) >= 11 is 0. The van der Waals surface area contributed by atoms with E-state index in [1.165, 1.54) is 0 Å². The normalized spacial score (nSPS) is 14.1. The van der Waals surface area contributed by atoms with Gasteiger partial charge in [0, 0.05) is 4.57 Å². The molecule has 0 spiro atoms. The standard InChI is InChI=1S/C17H27O4P/c1-15(2,3)11-10-14(18)13(16(4,5)6)9-12(11)17(7,8)21-22(19)20/h9-10H,1-8H3,(H-,18,19,20)/p+1. The molecule has 0 heterocycles. The zero-order valence-electron chi connectivity index (χ0n) is 14.8. The maximum absolute atomic E-state index is 11.2. The fraction of sp³-hybridized carbons (Fsp3) is 0.647. The second-order valence-electron chi connectivity index (χ2n) is 8.25. The number of benzene rings is 1. The molecule has 1 atom stereocenters. The van der Waals surface area contributed by atoms with Gasteiger partial charge in [0.15, 0.2) is 0 Å². The average molecular weight is 327 g/mol. The monoisotopic (exact) mass is 327 g/mol. The Morgan fingerprint density at radius 3 is 1.68 bits per heavy atom. The first-order valence-electron chi connectivity index (χ1n) is 7.40. The first kappa shape index (κ1) is 19.1. The Morgan fingerprint density at radius 1 is 0.864 bits per heavy atom. The number of aromatic hydroxyl groups is 1. The molecule has 0 fully saturated rings. The van der Waals surface area contributed by atoms with Gasteiger partial charge in [-0.1, -0.05) is 41.5 Å². The van der Waals surface area contributed by atoms with Gasteiger partial charge in [-0.2, -0.15) is 0 Å². The molecule has 0 bridgehead atoms. The van der Waals surface area contributed by atoms with Gasteiger partial charge in [-0.15, -0.1) is 9.42 Å². The number of rotatable bonds is 3. The first-order chi connectivity index (χ1) is 9.66. The Labute approximate surface area is 134 Å². The summed E-state index contributed by atoms with van der Waals surface area (Å²) in [5, 5.41) is 10.4. The highest BCUT2D eigenvalue weighted by atomic mass is 31.1. The van der Waals surface area contributed by atoms with Crippen LogP contribution in [-0.4, -0.2) is 10.00 Å². The van der Waals surface area contributed by atoms with Crippen LogP contribution in [0.25, 0.3) is 0 Å². The van der Waals surface area contributed by atoms with Crippen molar-refractivity contribution in [3.63, 3.8) is 0 Å². The molecule has 0 aromatic heterocycles. The van der Waals surface area contributed by atoms with Crippen molar-refractivity contribution in [3.05, 3.63) is 28.8 Å². The third-order valence-electron chi connectivity index (χ3n) is 3.71. The number of hydrogen-bond donors (Lipinski definition) is 2. The van der Waals surface area contributed by atoms with E-state index in [1.807, 2.05) is 47.6 Å². The van der Waals surface area contributed by atoms with Crippen LogP contribution < -0.4 is 0 Å². The van der Waals surface area contributed by atoms with E-state index in [-0.39, 0.29) is 16.6 Å². The fourth-order valence-electron chi connectivity index (χ4n) is 2.55. The Kier molecular flexibility index (Phi) is 5.13. The lowest BCUT2D eigenvalue weighted by molar-refractivity contribution is 0.100. The topological polar surface area (TPSA) is 66.8 Å². The molecule has 1 unspecified atom stereocenters. The van der Waals surface area contributed by atoms with Crippen LogP contribution in [0.1, 0.15) is 72.1 Å². The molecule has 0 aliphatic carbocycles. The molecule has 5 heteroatoms. The minimum Gasteiger partial charge on any atom is -0.508 e. The third kappa shape index (κ3) is 4.28. The van der Waals surface area contributed by atoms with E-state index >= 15 is 0 Å². The van der Waals surface area contributed by atoms with Gasteiger partial charge in [0.05, 0.1) is 0 Å². The Morgan fingerprint density at radius 2 is 1.32 bits per heavy atom. The summed E-state index contributed by atoms with van der Waals surface area (Å²) in [5.41, 5.74) is 1.11. The van der Waals surface area contributed by atoms with Crippen molar-refractivity contribution >= 4 is 8.25 Å². The van der Waals surface area contributed by atoms with Crippen molar-refractivity contribution in [2.75, 3.05) is 0 Å². The van der Waals surface area contributed by atoms with E-state index < -0.39 is 13.9 Å². The predicted octanol–water partition coefficient (Wildman–Crippen LogP) is 4.89. The second-order valence-corrected chi connectivity index (χ2v) is 8.91. The van der Waals surface area contributed by atoms with E-state index in [2.05, 4.69) is 0 Å². The van der Waals surface area contributed by atoms with Crippen LogP contribution in [0.3, 0.4) is 0 Å².